The van der Waals surface area contributed by atoms with Crippen molar-refractivity contribution in [3.63, 3.8) is 0 Å². The average Bonchev–Trinajstić information content (AvgIpc) is 2.35. The van der Waals surface area contributed by atoms with Crippen LogP contribution in [0.3, 0.4) is 0 Å². The minimum atomic E-state index is -4.21. The van der Waals surface area contributed by atoms with Crippen molar-refractivity contribution in [1.82, 2.24) is 5.32 Å². The Morgan fingerprint density at radius 1 is 1.10 bits per heavy atom. The first-order valence-corrected chi connectivity index (χ1v) is 7.32. The Bertz CT molecular complexity index is 428. The molecule has 0 unspecified atom stereocenters. The molecule has 1 aromatic rings. The number of benzene rings is 1. The van der Waals surface area contributed by atoms with Gasteiger partial charge in [-0.25, -0.2) is 0 Å². The first kappa shape index (κ1) is 17.8. The van der Waals surface area contributed by atoms with E-state index in [1.165, 1.54) is 4.90 Å². The third kappa shape index (κ3) is 6.38. The summed E-state index contributed by atoms with van der Waals surface area (Å²) in [6.07, 6.45) is -4.21. The zero-order valence-electron chi connectivity index (χ0n) is 13.2. The number of halogens is 3. The molecule has 21 heavy (non-hydrogen) atoms. The molecule has 0 bridgehead atoms. The molecule has 2 nitrogen and oxygen atoms in total. The Balaban J connectivity index is 2.92. The lowest BCUT2D eigenvalue weighted by molar-refractivity contribution is -0.120. The molecule has 0 aliphatic carbocycles. The molecule has 0 saturated carbocycles. The van der Waals surface area contributed by atoms with Gasteiger partial charge in [0.25, 0.3) is 0 Å². The van der Waals surface area contributed by atoms with Gasteiger partial charge in [0.1, 0.15) is 6.54 Å². The van der Waals surface area contributed by atoms with Crippen molar-refractivity contribution in [3.8, 4) is 0 Å². The second-order valence-electron chi connectivity index (χ2n) is 5.99. The molecule has 0 fully saturated rings. The molecule has 0 amide bonds. The number of rotatable bonds is 7. The van der Waals surface area contributed by atoms with E-state index in [0.717, 1.165) is 12.1 Å². The zero-order chi connectivity index (χ0) is 16.0. The van der Waals surface area contributed by atoms with Crippen LogP contribution in [-0.4, -0.2) is 25.3 Å². The quantitative estimate of drug-likeness (QED) is 0.811. The van der Waals surface area contributed by atoms with E-state index in [-0.39, 0.29) is 6.04 Å². The average molecular weight is 302 g/mol. The second-order valence-corrected chi connectivity index (χ2v) is 5.99. The van der Waals surface area contributed by atoms with E-state index in [9.17, 15) is 13.2 Å². The van der Waals surface area contributed by atoms with Gasteiger partial charge in [0, 0.05) is 18.3 Å². The summed E-state index contributed by atoms with van der Waals surface area (Å²) in [4.78, 5) is 1.41. The standard InChI is InChI=1S/C16H25F3N2/c1-12(2)9-20-10-14-7-5-6-8-15(14)21(13(3)4)11-16(17,18)19/h5-8,12-13,20H,9-11H2,1-4H3. The third-order valence-corrected chi connectivity index (χ3v) is 3.14. The fraction of sp³-hybridized carbons (Fsp3) is 0.625. The minimum Gasteiger partial charge on any atom is -0.360 e. The highest BCUT2D eigenvalue weighted by molar-refractivity contribution is 5.54. The first-order chi connectivity index (χ1) is 9.70. The number of nitrogens with zero attached hydrogens (tertiary/aromatic N) is 1. The molecule has 0 atom stereocenters. The lowest BCUT2D eigenvalue weighted by atomic mass is 10.1. The van der Waals surface area contributed by atoms with Gasteiger partial charge in [-0.05, 0) is 37.9 Å². The van der Waals surface area contributed by atoms with Gasteiger partial charge < -0.3 is 10.2 Å². The van der Waals surface area contributed by atoms with E-state index in [1.807, 2.05) is 12.1 Å². The highest BCUT2D eigenvalue weighted by atomic mass is 19.4. The SMILES string of the molecule is CC(C)CNCc1ccccc1N(CC(F)(F)F)C(C)C. The van der Waals surface area contributed by atoms with Crippen LogP contribution < -0.4 is 10.2 Å². The van der Waals surface area contributed by atoms with E-state index in [0.29, 0.717) is 18.2 Å². The van der Waals surface area contributed by atoms with Crippen molar-refractivity contribution in [2.24, 2.45) is 5.92 Å². The lowest BCUT2D eigenvalue weighted by Gasteiger charge is -2.31. The molecule has 120 valence electrons. The van der Waals surface area contributed by atoms with Crippen molar-refractivity contribution in [2.45, 2.75) is 46.5 Å². The molecule has 0 radical (unpaired) electrons. The second kappa shape index (κ2) is 7.69. The molecule has 0 saturated heterocycles. The number of alkyl halides is 3. The topological polar surface area (TPSA) is 15.3 Å². The fourth-order valence-corrected chi connectivity index (χ4v) is 2.18. The number of para-hydroxylation sites is 1. The van der Waals surface area contributed by atoms with E-state index >= 15 is 0 Å². The molecule has 0 heterocycles. The maximum Gasteiger partial charge on any atom is 0.405 e. The number of hydrogen-bond acceptors (Lipinski definition) is 2. The van der Waals surface area contributed by atoms with Crippen LogP contribution in [-0.2, 0) is 6.54 Å². The zero-order valence-corrected chi connectivity index (χ0v) is 13.2. The van der Waals surface area contributed by atoms with Crippen LogP contribution in [0.25, 0.3) is 0 Å². The summed E-state index contributed by atoms with van der Waals surface area (Å²) in [7, 11) is 0. The third-order valence-electron chi connectivity index (χ3n) is 3.14. The summed E-state index contributed by atoms with van der Waals surface area (Å²) >= 11 is 0. The molecule has 0 spiro atoms. The molecule has 0 aliphatic heterocycles. The maximum atomic E-state index is 12.8. The van der Waals surface area contributed by atoms with Gasteiger partial charge in [-0.2, -0.15) is 13.2 Å². The summed E-state index contributed by atoms with van der Waals surface area (Å²) in [6.45, 7) is 8.26. The van der Waals surface area contributed by atoms with Crippen LogP contribution in [0.4, 0.5) is 18.9 Å². The van der Waals surface area contributed by atoms with Crippen LogP contribution in [0.5, 0.6) is 0 Å². The summed E-state index contributed by atoms with van der Waals surface area (Å²) in [5, 5.41) is 3.29. The van der Waals surface area contributed by atoms with Crippen molar-refractivity contribution in [2.75, 3.05) is 18.0 Å². The van der Waals surface area contributed by atoms with Crippen LogP contribution in [0.2, 0.25) is 0 Å². The summed E-state index contributed by atoms with van der Waals surface area (Å²) in [6, 6.07) is 7.08. The predicted octanol–water partition coefficient (Wildman–Crippen LogP) is 4.21. The van der Waals surface area contributed by atoms with E-state index in [2.05, 4.69) is 19.2 Å². The Labute approximate surface area is 125 Å². The summed E-state index contributed by atoms with van der Waals surface area (Å²) in [5.41, 5.74) is 1.55. The van der Waals surface area contributed by atoms with E-state index in [1.54, 1.807) is 26.0 Å². The van der Waals surface area contributed by atoms with Crippen LogP contribution in [0.15, 0.2) is 24.3 Å². The molecular weight excluding hydrogens is 277 g/mol. The van der Waals surface area contributed by atoms with Crippen molar-refractivity contribution >= 4 is 5.69 Å². The van der Waals surface area contributed by atoms with Crippen molar-refractivity contribution < 1.29 is 13.2 Å². The van der Waals surface area contributed by atoms with Gasteiger partial charge in [-0.3, -0.25) is 0 Å². The molecule has 1 N–H and O–H groups in total. The van der Waals surface area contributed by atoms with E-state index in [4.69, 9.17) is 0 Å². The lowest BCUT2D eigenvalue weighted by Crippen LogP contribution is -2.40. The summed E-state index contributed by atoms with van der Waals surface area (Å²) in [5.74, 6) is 0.508. The maximum absolute atomic E-state index is 12.8. The molecule has 0 aliphatic rings. The predicted molar refractivity (Wildman–Crippen MR) is 81.5 cm³/mol. The smallest absolute Gasteiger partial charge is 0.360 e. The van der Waals surface area contributed by atoms with Gasteiger partial charge in [0.05, 0.1) is 0 Å². The largest absolute Gasteiger partial charge is 0.405 e. The molecule has 1 aromatic carbocycles. The Kier molecular flexibility index (Phi) is 6.52. The monoisotopic (exact) mass is 302 g/mol. The highest BCUT2D eigenvalue weighted by Crippen LogP contribution is 2.27. The Hall–Kier alpha value is -1.23. The van der Waals surface area contributed by atoms with Crippen LogP contribution in [0.1, 0.15) is 33.3 Å². The normalized spacial score (nSPS) is 12.2. The van der Waals surface area contributed by atoms with Gasteiger partial charge in [-0.15, -0.1) is 0 Å². The van der Waals surface area contributed by atoms with Crippen molar-refractivity contribution in [3.05, 3.63) is 29.8 Å². The Morgan fingerprint density at radius 2 is 1.71 bits per heavy atom. The minimum absolute atomic E-state index is 0.210. The first-order valence-electron chi connectivity index (χ1n) is 7.32. The molecular formula is C16H25F3N2. The Morgan fingerprint density at radius 3 is 2.24 bits per heavy atom. The number of hydrogen-bond donors (Lipinski definition) is 1. The number of nitrogens with one attached hydrogen (secondary N) is 1. The van der Waals surface area contributed by atoms with Gasteiger partial charge in [0.15, 0.2) is 0 Å². The number of anilines is 1. The fourth-order valence-electron chi connectivity index (χ4n) is 2.18. The van der Waals surface area contributed by atoms with Crippen LogP contribution in [0, 0.1) is 5.92 Å². The molecule has 5 heteroatoms. The highest BCUT2D eigenvalue weighted by Gasteiger charge is 2.32. The molecule has 1 rings (SSSR count). The van der Waals surface area contributed by atoms with Crippen molar-refractivity contribution in [1.29, 1.82) is 0 Å². The molecule has 0 aromatic heterocycles. The van der Waals surface area contributed by atoms with Crippen LogP contribution >= 0.6 is 0 Å². The van der Waals surface area contributed by atoms with Gasteiger partial charge in [0.2, 0.25) is 0 Å². The van der Waals surface area contributed by atoms with Gasteiger partial charge in [-0.1, -0.05) is 32.0 Å². The van der Waals surface area contributed by atoms with E-state index < -0.39 is 12.7 Å². The summed E-state index contributed by atoms with van der Waals surface area (Å²) < 4.78 is 38.4. The van der Waals surface area contributed by atoms with Gasteiger partial charge >= 0.3 is 6.18 Å².